The second kappa shape index (κ2) is 2.36. The summed E-state index contributed by atoms with van der Waals surface area (Å²) in [5.41, 5.74) is 0. The van der Waals surface area contributed by atoms with Crippen LogP contribution in [0.15, 0.2) is 0 Å². The van der Waals surface area contributed by atoms with Gasteiger partial charge in [0.25, 0.3) is 0 Å². The van der Waals surface area contributed by atoms with Crippen LogP contribution in [0.25, 0.3) is 0 Å². The first-order valence-corrected chi connectivity index (χ1v) is 4.20. The molecule has 1 saturated carbocycles. The van der Waals surface area contributed by atoms with E-state index in [0.717, 1.165) is 12.8 Å². The number of nitrogens with two attached hydrogens (primary N) is 1. The van der Waals surface area contributed by atoms with Gasteiger partial charge >= 0.3 is 0 Å². The zero-order chi connectivity index (χ0) is 6.91. The van der Waals surface area contributed by atoms with E-state index in [9.17, 15) is 4.21 Å². The molecule has 1 rings (SSSR count). The molecule has 9 heavy (non-hydrogen) atoms. The van der Waals surface area contributed by atoms with E-state index in [2.05, 4.69) is 0 Å². The Morgan fingerprint density at radius 1 is 1.67 bits per heavy atom. The highest BCUT2D eigenvalue weighted by atomic mass is 32.2. The first-order chi connectivity index (χ1) is 4.21. The first-order valence-electron chi connectivity index (χ1n) is 2.98. The van der Waals surface area contributed by atoms with Gasteiger partial charge in [-0.25, -0.2) is 4.21 Å². The van der Waals surface area contributed by atoms with Crippen LogP contribution in [0, 0.1) is 0 Å². The highest BCUT2D eigenvalue weighted by Crippen LogP contribution is 2.42. The lowest BCUT2D eigenvalue weighted by molar-refractivity contribution is 0.284. The molecule has 54 valence electrons. The molecule has 1 aliphatic carbocycles. The Balaban J connectivity index is 2.43. The van der Waals surface area contributed by atoms with Gasteiger partial charge in [0.15, 0.2) is 0 Å². The van der Waals surface area contributed by atoms with Crippen LogP contribution in [-0.2, 0) is 11.0 Å². The monoisotopic (exact) mass is 149 g/mol. The quantitative estimate of drug-likeness (QED) is 0.569. The molecule has 3 nitrogen and oxygen atoms in total. The molecule has 0 aromatic heterocycles. The Morgan fingerprint density at radius 2 is 2.22 bits per heavy atom. The third-order valence-electron chi connectivity index (χ3n) is 1.80. The normalized spacial score (nSPS) is 25.6. The van der Waals surface area contributed by atoms with Crippen molar-refractivity contribution >= 4 is 11.0 Å². The Kier molecular flexibility index (Phi) is 1.88. The molecule has 1 atom stereocenters. The fourth-order valence-electron chi connectivity index (χ4n) is 0.895. The van der Waals surface area contributed by atoms with Crippen molar-refractivity contribution in [2.45, 2.75) is 24.0 Å². The SMILES string of the molecule is NS(=O)C1(CCO)CC1. The van der Waals surface area contributed by atoms with Crippen molar-refractivity contribution < 1.29 is 9.32 Å². The van der Waals surface area contributed by atoms with Crippen LogP contribution in [0.2, 0.25) is 0 Å². The summed E-state index contributed by atoms with van der Waals surface area (Å²) in [4.78, 5) is 0. The topological polar surface area (TPSA) is 63.3 Å². The lowest BCUT2D eigenvalue weighted by Gasteiger charge is -2.06. The van der Waals surface area contributed by atoms with Gasteiger partial charge in [-0.05, 0) is 19.3 Å². The van der Waals surface area contributed by atoms with Crippen LogP contribution in [-0.4, -0.2) is 20.7 Å². The molecule has 0 saturated heterocycles. The number of aliphatic hydroxyl groups excluding tert-OH is 1. The van der Waals surface area contributed by atoms with Crippen molar-refractivity contribution in [1.29, 1.82) is 0 Å². The van der Waals surface area contributed by atoms with Crippen molar-refractivity contribution in [2.75, 3.05) is 6.61 Å². The van der Waals surface area contributed by atoms with Crippen molar-refractivity contribution in [3.8, 4) is 0 Å². The molecule has 0 aromatic carbocycles. The largest absolute Gasteiger partial charge is 0.396 e. The first kappa shape index (κ1) is 7.18. The highest BCUT2D eigenvalue weighted by molar-refractivity contribution is 7.84. The zero-order valence-electron chi connectivity index (χ0n) is 5.17. The molecule has 1 fully saturated rings. The molecule has 0 amide bonds. The standard InChI is InChI=1S/C5H11NO2S/c6-9(8)5(1-2-5)3-4-7/h7H,1-4,6H2. The summed E-state index contributed by atoms with van der Waals surface area (Å²) < 4.78 is 10.5. The molecule has 0 aliphatic heterocycles. The zero-order valence-corrected chi connectivity index (χ0v) is 5.99. The predicted molar refractivity (Wildman–Crippen MR) is 36.0 cm³/mol. The van der Waals surface area contributed by atoms with E-state index in [-0.39, 0.29) is 11.4 Å². The van der Waals surface area contributed by atoms with Crippen LogP contribution < -0.4 is 5.14 Å². The van der Waals surface area contributed by atoms with Crippen molar-refractivity contribution in [3.63, 3.8) is 0 Å². The summed E-state index contributed by atoms with van der Waals surface area (Å²) in [7, 11) is -1.22. The lowest BCUT2D eigenvalue weighted by atomic mass is 10.3. The van der Waals surface area contributed by atoms with Gasteiger partial charge in [-0.1, -0.05) is 0 Å². The fourth-order valence-corrected chi connectivity index (χ4v) is 1.69. The van der Waals surface area contributed by atoms with Crippen molar-refractivity contribution in [2.24, 2.45) is 5.14 Å². The van der Waals surface area contributed by atoms with E-state index >= 15 is 0 Å². The molecule has 0 radical (unpaired) electrons. The summed E-state index contributed by atoms with van der Waals surface area (Å²) >= 11 is 0. The maximum Gasteiger partial charge on any atom is 0.0952 e. The van der Waals surface area contributed by atoms with Crippen LogP contribution in [0.4, 0.5) is 0 Å². The second-order valence-electron chi connectivity index (χ2n) is 2.45. The molecule has 1 aliphatic rings. The summed E-state index contributed by atoms with van der Waals surface area (Å²) in [6.45, 7) is 0.100. The van der Waals surface area contributed by atoms with Crippen LogP contribution in [0.1, 0.15) is 19.3 Å². The molecule has 0 spiro atoms. The van der Waals surface area contributed by atoms with Crippen molar-refractivity contribution in [1.82, 2.24) is 0 Å². The molecule has 4 heteroatoms. The highest BCUT2D eigenvalue weighted by Gasteiger charge is 2.46. The molecule has 0 heterocycles. The van der Waals surface area contributed by atoms with Crippen LogP contribution >= 0.6 is 0 Å². The van der Waals surface area contributed by atoms with Crippen molar-refractivity contribution in [3.05, 3.63) is 0 Å². The number of rotatable bonds is 3. The van der Waals surface area contributed by atoms with Gasteiger partial charge in [-0.3, -0.25) is 5.14 Å². The summed E-state index contributed by atoms with van der Waals surface area (Å²) in [5, 5.41) is 13.7. The van der Waals surface area contributed by atoms with Gasteiger partial charge in [0.1, 0.15) is 0 Å². The maximum atomic E-state index is 10.7. The van der Waals surface area contributed by atoms with E-state index in [0.29, 0.717) is 6.42 Å². The van der Waals surface area contributed by atoms with E-state index in [1.165, 1.54) is 0 Å². The molecule has 0 aromatic rings. The summed E-state index contributed by atoms with van der Waals surface area (Å²) in [5.74, 6) is 0. The second-order valence-corrected chi connectivity index (χ2v) is 3.91. The molecule has 0 bridgehead atoms. The van der Waals surface area contributed by atoms with E-state index in [1.54, 1.807) is 0 Å². The average molecular weight is 149 g/mol. The third kappa shape index (κ3) is 1.31. The Labute approximate surface area is 56.8 Å². The van der Waals surface area contributed by atoms with Gasteiger partial charge in [-0.15, -0.1) is 0 Å². The molecular formula is C5H11NO2S. The van der Waals surface area contributed by atoms with E-state index in [1.807, 2.05) is 0 Å². The predicted octanol–water partition coefficient (Wildman–Crippen LogP) is -0.476. The van der Waals surface area contributed by atoms with Gasteiger partial charge < -0.3 is 5.11 Å². The third-order valence-corrected chi connectivity index (χ3v) is 3.27. The smallest absolute Gasteiger partial charge is 0.0952 e. The van der Waals surface area contributed by atoms with Gasteiger partial charge in [0.05, 0.1) is 15.7 Å². The minimum Gasteiger partial charge on any atom is -0.396 e. The number of aliphatic hydroxyl groups is 1. The number of hydrogen-bond acceptors (Lipinski definition) is 2. The molecular weight excluding hydrogens is 138 g/mol. The minimum atomic E-state index is -1.22. The van der Waals surface area contributed by atoms with Crippen LogP contribution in [0.3, 0.4) is 0 Å². The maximum absolute atomic E-state index is 10.7. The molecule has 3 N–H and O–H groups in total. The summed E-state index contributed by atoms with van der Waals surface area (Å²) in [6, 6.07) is 0. The number of hydrogen-bond donors (Lipinski definition) is 2. The summed E-state index contributed by atoms with van der Waals surface area (Å²) in [6.07, 6.45) is 2.42. The Hall–Kier alpha value is 0.0700. The van der Waals surface area contributed by atoms with Crippen LogP contribution in [0.5, 0.6) is 0 Å². The Bertz CT molecular complexity index is 133. The van der Waals surface area contributed by atoms with Gasteiger partial charge in [0.2, 0.25) is 0 Å². The lowest BCUT2D eigenvalue weighted by Crippen LogP contribution is -2.24. The van der Waals surface area contributed by atoms with Gasteiger partial charge in [-0.2, -0.15) is 0 Å². The minimum absolute atomic E-state index is 0.100. The van der Waals surface area contributed by atoms with E-state index in [4.69, 9.17) is 10.2 Å². The van der Waals surface area contributed by atoms with Gasteiger partial charge in [0, 0.05) is 6.61 Å². The molecule has 1 unspecified atom stereocenters. The van der Waals surface area contributed by atoms with E-state index < -0.39 is 11.0 Å². The Morgan fingerprint density at radius 3 is 2.33 bits per heavy atom. The average Bonchev–Trinajstić information content (AvgIpc) is 2.49. The fraction of sp³-hybridized carbons (Fsp3) is 1.00.